The second-order valence-corrected chi connectivity index (χ2v) is 5.88. The van der Waals surface area contributed by atoms with Crippen LogP contribution in [-0.4, -0.2) is 19.1 Å². The van der Waals surface area contributed by atoms with Crippen LogP contribution in [0.1, 0.15) is 25.3 Å². The van der Waals surface area contributed by atoms with E-state index in [-0.39, 0.29) is 12.5 Å². The minimum atomic E-state index is -0.240. The summed E-state index contributed by atoms with van der Waals surface area (Å²) in [5, 5.41) is 3.46. The van der Waals surface area contributed by atoms with E-state index in [1.54, 1.807) is 18.2 Å². The van der Waals surface area contributed by atoms with Crippen molar-refractivity contribution in [2.24, 2.45) is 0 Å². The maximum absolute atomic E-state index is 12.1. The van der Waals surface area contributed by atoms with Crippen molar-refractivity contribution < 1.29 is 14.3 Å². The van der Waals surface area contributed by atoms with Crippen LogP contribution in [-0.2, 0) is 4.79 Å². The molecule has 0 saturated heterocycles. The first kappa shape index (κ1) is 18.1. The molecule has 0 atom stereocenters. The van der Waals surface area contributed by atoms with Crippen molar-refractivity contribution >= 4 is 23.2 Å². The summed E-state index contributed by atoms with van der Waals surface area (Å²) in [6, 6.07) is 12.7. The Kier molecular flexibility index (Phi) is 6.94. The third-order valence-corrected chi connectivity index (χ3v) is 3.65. The first-order chi connectivity index (χ1) is 11.6. The third kappa shape index (κ3) is 5.46. The molecule has 1 amide bonds. The van der Waals surface area contributed by atoms with E-state index in [0.717, 1.165) is 18.4 Å². The SMILES string of the molecule is CCCCOc1ccccc1NC(=O)COc1ccc(Cl)cc1C. The highest BCUT2D eigenvalue weighted by molar-refractivity contribution is 6.30. The molecule has 0 aliphatic rings. The van der Waals surface area contributed by atoms with Crippen molar-refractivity contribution in [3.8, 4) is 11.5 Å². The first-order valence-electron chi connectivity index (χ1n) is 8.00. The van der Waals surface area contributed by atoms with Gasteiger partial charge in [-0.15, -0.1) is 0 Å². The van der Waals surface area contributed by atoms with Gasteiger partial charge in [0.25, 0.3) is 5.91 Å². The Morgan fingerprint density at radius 1 is 1.12 bits per heavy atom. The van der Waals surface area contributed by atoms with Crippen LogP contribution in [0.5, 0.6) is 11.5 Å². The lowest BCUT2D eigenvalue weighted by molar-refractivity contribution is -0.118. The molecule has 0 aromatic heterocycles. The number of carbonyl (C=O) groups excluding carboxylic acids is 1. The van der Waals surface area contributed by atoms with Crippen molar-refractivity contribution in [2.75, 3.05) is 18.5 Å². The molecule has 1 N–H and O–H groups in total. The molecule has 0 spiro atoms. The molecule has 2 aromatic carbocycles. The molecule has 2 aromatic rings. The summed E-state index contributed by atoms with van der Waals surface area (Å²) >= 11 is 5.91. The van der Waals surface area contributed by atoms with Crippen molar-refractivity contribution in [2.45, 2.75) is 26.7 Å². The number of anilines is 1. The van der Waals surface area contributed by atoms with Gasteiger partial charge in [-0.3, -0.25) is 4.79 Å². The van der Waals surface area contributed by atoms with Crippen LogP contribution < -0.4 is 14.8 Å². The maximum Gasteiger partial charge on any atom is 0.262 e. The normalized spacial score (nSPS) is 10.3. The predicted molar refractivity (Wildman–Crippen MR) is 97.2 cm³/mol. The standard InChI is InChI=1S/C19H22ClNO3/c1-3-4-11-23-18-8-6-5-7-16(18)21-19(22)13-24-17-10-9-15(20)12-14(17)2/h5-10,12H,3-4,11,13H2,1-2H3,(H,21,22). The average Bonchev–Trinajstić information content (AvgIpc) is 2.56. The minimum absolute atomic E-state index is 0.0776. The van der Waals surface area contributed by atoms with E-state index in [2.05, 4.69) is 12.2 Å². The Bertz CT molecular complexity index is 688. The first-order valence-corrected chi connectivity index (χ1v) is 8.38. The van der Waals surface area contributed by atoms with E-state index >= 15 is 0 Å². The van der Waals surface area contributed by atoms with Gasteiger partial charge in [-0.05, 0) is 49.2 Å². The number of benzene rings is 2. The molecule has 0 aliphatic carbocycles. The number of ether oxygens (including phenoxy) is 2. The highest BCUT2D eigenvalue weighted by Crippen LogP contribution is 2.24. The summed E-state index contributed by atoms with van der Waals surface area (Å²) in [7, 11) is 0. The molecule has 0 unspecified atom stereocenters. The van der Waals surface area contributed by atoms with Crippen molar-refractivity contribution in [3.63, 3.8) is 0 Å². The van der Waals surface area contributed by atoms with E-state index in [4.69, 9.17) is 21.1 Å². The fourth-order valence-corrected chi connectivity index (χ4v) is 2.35. The lowest BCUT2D eigenvalue weighted by Crippen LogP contribution is -2.20. The molecule has 0 radical (unpaired) electrons. The lowest BCUT2D eigenvalue weighted by atomic mass is 10.2. The molecule has 5 heteroatoms. The topological polar surface area (TPSA) is 47.6 Å². The smallest absolute Gasteiger partial charge is 0.262 e. The molecular formula is C19H22ClNO3. The monoisotopic (exact) mass is 347 g/mol. The minimum Gasteiger partial charge on any atom is -0.491 e. The average molecular weight is 348 g/mol. The molecule has 24 heavy (non-hydrogen) atoms. The Morgan fingerprint density at radius 3 is 2.67 bits per heavy atom. The van der Waals surface area contributed by atoms with Gasteiger partial charge in [0, 0.05) is 5.02 Å². The zero-order valence-electron chi connectivity index (χ0n) is 14.0. The number of unbranched alkanes of at least 4 members (excludes halogenated alkanes) is 1. The number of nitrogens with one attached hydrogen (secondary N) is 1. The zero-order chi connectivity index (χ0) is 17.4. The van der Waals surface area contributed by atoms with Gasteiger partial charge < -0.3 is 14.8 Å². The molecule has 0 bridgehead atoms. The second kappa shape index (κ2) is 9.18. The summed E-state index contributed by atoms with van der Waals surface area (Å²) < 4.78 is 11.3. The molecular weight excluding hydrogens is 326 g/mol. The van der Waals surface area contributed by atoms with Gasteiger partial charge in [0.05, 0.1) is 12.3 Å². The summed E-state index contributed by atoms with van der Waals surface area (Å²) in [4.78, 5) is 12.1. The number of aryl methyl sites for hydroxylation is 1. The quantitative estimate of drug-likeness (QED) is 0.695. The number of hydrogen-bond acceptors (Lipinski definition) is 3. The molecule has 0 aliphatic heterocycles. The fraction of sp³-hybridized carbons (Fsp3) is 0.316. The van der Waals surface area contributed by atoms with Crippen LogP contribution in [0, 0.1) is 6.92 Å². The van der Waals surface area contributed by atoms with Crippen LogP contribution in [0.25, 0.3) is 0 Å². The number of rotatable bonds is 8. The zero-order valence-corrected chi connectivity index (χ0v) is 14.7. The molecule has 4 nitrogen and oxygen atoms in total. The van der Waals surface area contributed by atoms with E-state index < -0.39 is 0 Å². The Balaban J connectivity index is 1.92. The Labute approximate surface area is 147 Å². The van der Waals surface area contributed by atoms with Crippen LogP contribution in [0.3, 0.4) is 0 Å². The van der Waals surface area contributed by atoms with Gasteiger partial charge in [0.15, 0.2) is 6.61 Å². The molecule has 0 saturated carbocycles. The largest absolute Gasteiger partial charge is 0.491 e. The van der Waals surface area contributed by atoms with E-state index in [1.807, 2.05) is 31.2 Å². The van der Waals surface area contributed by atoms with Gasteiger partial charge in [0.2, 0.25) is 0 Å². The fourth-order valence-electron chi connectivity index (χ4n) is 2.13. The summed E-state index contributed by atoms with van der Waals surface area (Å²) in [6.45, 7) is 4.54. The van der Waals surface area contributed by atoms with Gasteiger partial charge in [-0.25, -0.2) is 0 Å². The number of para-hydroxylation sites is 2. The van der Waals surface area contributed by atoms with Crippen LogP contribution in [0.15, 0.2) is 42.5 Å². The highest BCUT2D eigenvalue weighted by atomic mass is 35.5. The van der Waals surface area contributed by atoms with Gasteiger partial charge >= 0.3 is 0 Å². The number of carbonyl (C=O) groups is 1. The third-order valence-electron chi connectivity index (χ3n) is 3.41. The summed E-state index contributed by atoms with van der Waals surface area (Å²) in [6.07, 6.45) is 2.03. The number of amides is 1. The van der Waals surface area contributed by atoms with E-state index in [1.165, 1.54) is 0 Å². The number of halogens is 1. The molecule has 128 valence electrons. The molecule has 0 fully saturated rings. The Morgan fingerprint density at radius 2 is 1.92 bits per heavy atom. The second-order valence-electron chi connectivity index (χ2n) is 5.44. The maximum atomic E-state index is 12.1. The lowest BCUT2D eigenvalue weighted by Gasteiger charge is -2.13. The van der Waals surface area contributed by atoms with Gasteiger partial charge in [-0.1, -0.05) is 37.1 Å². The molecule has 0 heterocycles. The summed E-state index contributed by atoms with van der Waals surface area (Å²) in [5.74, 6) is 1.07. The highest BCUT2D eigenvalue weighted by Gasteiger charge is 2.09. The van der Waals surface area contributed by atoms with Gasteiger partial charge in [-0.2, -0.15) is 0 Å². The Hall–Kier alpha value is -2.20. The number of hydrogen-bond donors (Lipinski definition) is 1. The van der Waals surface area contributed by atoms with E-state index in [0.29, 0.717) is 28.8 Å². The van der Waals surface area contributed by atoms with Gasteiger partial charge in [0.1, 0.15) is 11.5 Å². The summed E-state index contributed by atoms with van der Waals surface area (Å²) in [5.41, 5.74) is 1.54. The van der Waals surface area contributed by atoms with Crippen LogP contribution in [0.4, 0.5) is 5.69 Å². The van der Waals surface area contributed by atoms with Crippen LogP contribution in [0.2, 0.25) is 5.02 Å². The van der Waals surface area contributed by atoms with Crippen molar-refractivity contribution in [1.82, 2.24) is 0 Å². The van der Waals surface area contributed by atoms with Crippen molar-refractivity contribution in [1.29, 1.82) is 0 Å². The van der Waals surface area contributed by atoms with E-state index in [9.17, 15) is 4.79 Å². The molecule has 2 rings (SSSR count). The van der Waals surface area contributed by atoms with Crippen LogP contribution >= 0.6 is 11.6 Å². The predicted octanol–water partition coefficient (Wildman–Crippen LogP) is 4.84. The van der Waals surface area contributed by atoms with Crippen molar-refractivity contribution in [3.05, 3.63) is 53.1 Å².